The molecule has 0 saturated carbocycles. The Balaban J connectivity index is 2.22. The van der Waals surface area contributed by atoms with Crippen molar-refractivity contribution in [2.24, 2.45) is 0 Å². The first-order valence-corrected chi connectivity index (χ1v) is 8.00. The third-order valence-corrected chi connectivity index (χ3v) is 3.77. The Bertz CT molecular complexity index is 792. The van der Waals surface area contributed by atoms with Crippen molar-refractivity contribution in [1.82, 2.24) is 5.32 Å². The van der Waals surface area contributed by atoms with E-state index in [0.29, 0.717) is 5.75 Å². The zero-order chi connectivity index (χ0) is 19.8. The predicted octanol–water partition coefficient (Wildman–Crippen LogP) is 2.76. The molecule has 1 amide bonds. The Labute approximate surface area is 156 Å². The number of hydrogen-bond donors (Lipinski definition) is 2. The molecule has 0 bridgehead atoms. The van der Waals surface area contributed by atoms with Crippen LogP contribution in [-0.4, -0.2) is 38.5 Å². The summed E-state index contributed by atoms with van der Waals surface area (Å²) in [5, 5.41) is 11.9. The summed E-state index contributed by atoms with van der Waals surface area (Å²) in [6, 6.07) is 10.7. The van der Waals surface area contributed by atoms with E-state index in [1.54, 1.807) is 12.1 Å². The first-order chi connectivity index (χ1) is 13.0. The van der Waals surface area contributed by atoms with Gasteiger partial charge in [0.2, 0.25) is 5.75 Å². The Kier molecular flexibility index (Phi) is 6.87. The highest BCUT2D eigenvalue weighted by molar-refractivity contribution is 5.83. The van der Waals surface area contributed by atoms with Crippen LogP contribution in [0.4, 0.5) is 4.79 Å². The molecule has 0 aromatic heterocycles. The van der Waals surface area contributed by atoms with Crippen LogP contribution < -0.4 is 19.5 Å². The molecule has 0 aliphatic heterocycles. The highest BCUT2D eigenvalue weighted by Gasteiger charge is 2.29. The molecule has 0 aliphatic rings. The number of alkyl carbamates (subject to hydrolysis) is 1. The standard InChI is InChI=1S/C19H21NO7/c1-24-14-10-9-13(16(25-2)17(14)26-3)15(18(21)22)20-19(23)27-11-12-7-5-4-6-8-12/h4-10,15H,11H2,1-3H3,(H,20,23)(H,21,22)/t15-/m0/s1. The molecule has 0 saturated heterocycles. The highest BCUT2D eigenvalue weighted by atomic mass is 16.5. The van der Waals surface area contributed by atoms with Crippen molar-refractivity contribution in [3.05, 3.63) is 53.6 Å². The van der Waals surface area contributed by atoms with Gasteiger partial charge in [-0.25, -0.2) is 9.59 Å². The average molecular weight is 375 g/mol. The number of nitrogens with one attached hydrogen (secondary N) is 1. The zero-order valence-electron chi connectivity index (χ0n) is 15.2. The normalized spacial score (nSPS) is 11.2. The van der Waals surface area contributed by atoms with Crippen LogP contribution in [0.3, 0.4) is 0 Å². The second kappa shape index (κ2) is 9.33. The second-order valence-electron chi connectivity index (χ2n) is 5.40. The van der Waals surface area contributed by atoms with Gasteiger partial charge in [-0.2, -0.15) is 0 Å². The summed E-state index contributed by atoms with van der Waals surface area (Å²) in [5.41, 5.74) is 0.975. The highest BCUT2D eigenvalue weighted by Crippen LogP contribution is 2.42. The molecule has 2 N–H and O–H groups in total. The van der Waals surface area contributed by atoms with E-state index in [4.69, 9.17) is 18.9 Å². The molecule has 1 atom stereocenters. The van der Waals surface area contributed by atoms with Gasteiger partial charge < -0.3 is 29.4 Å². The smallest absolute Gasteiger partial charge is 0.408 e. The van der Waals surface area contributed by atoms with Gasteiger partial charge in [0.25, 0.3) is 0 Å². The molecule has 0 unspecified atom stereocenters. The van der Waals surface area contributed by atoms with Gasteiger partial charge in [-0.15, -0.1) is 0 Å². The largest absolute Gasteiger partial charge is 0.493 e. The fourth-order valence-corrected chi connectivity index (χ4v) is 2.51. The van der Waals surface area contributed by atoms with Gasteiger partial charge in [0, 0.05) is 5.56 Å². The van der Waals surface area contributed by atoms with E-state index >= 15 is 0 Å². The Hall–Kier alpha value is -3.42. The fraction of sp³-hybridized carbons (Fsp3) is 0.263. The van der Waals surface area contributed by atoms with Crippen molar-refractivity contribution in [1.29, 1.82) is 0 Å². The van der Waals surface area contributed by atoms with E-state index in [-0.39, 0.29) is 23.7 Å². The molecule has 0 heterocycles. The third-order valence-electron chi connectivity index (χ3n) is 3.77. The number of hydrogen-bond acceptors (Lipinski definition) is 6. The summed E-state index contributed by atoms with van der Waals surface area (Å²) < 4.78 is 20.8. The first-order valence-electron chi connectivity index (χ1n) is 8.00. The maximum atomic E-state index is 12.1. The monoisotopic (exact) mass is 375 g/mol. The van der Waals surface area contributed by atoms with Crippen molar-refractivity contribution in [2.45, 2.75) is 12.6 Å². The SMILES string of the molecule is COc1ccc([C@H](NC(=O)OCc2ccccc2)C(=O)O)c(OC)c1OC. The number of rotatable bonds is 8. The van der Waals surface area contributed by atoms with E-state index in [2.05, 4.69) is 5.32 Å². The minimum Gasteiger partial charge on any atom is -0.493 e. The second-order valence-corrected chi connectivity index (χ2v) is 5.40. The number of benzene rings is 2. The lowest BCUT2D eigenvalue weighted by molar-refractivity contribution is -0.139. The maximum Gasteiger partial charge on any atom is 0.408 e. The summed E-state index contributed by atoms with van der Waals surface area (Å²) in [7, 11) is 4.22. The summed E-state index contributed by atoms with van der Waals surface area (Å²) in [6.45, 7) is 0.0160. The number of carbonyl (C=O) groups is 2. The van der Waals surface area contributed by atoms with Gasteiger partial charge in [-0.3, -0.25) is 0 Å². The number of ether oxygens (including phenoxy) is 4. The molecule has 27 heavy (non-hydrogen) atoms. The van der Waals surface area contributed by atoms with E-state index in [1.807, 2.05) is 18.2 Å². The van der Waals surface area contributed by atoms with E-state index < -0.39 is 18.1 Å². The molecule has 0 fully saturated rings. The number of methoxy groups -OCH3 is 3. The lowest BCUT2D eigenvalue weighted by atomic mass is 10.0. The van der Waals surface area contributed by atoms with Crippen molar-refractivity contribution in [3.8, 4) is 17.2 Å². The summed E-state index contributed by atoms with van der Waals surface area (Å²) >= 11 is 0. The molecule has 8 heteroatoms. The van der Waals surface area contributed by atoms with Gasteiger partial charge >= 0.3 is 12.1 Å². The summed E-state index contributed by atoms with van der Waals surface area (Å²) in [4.78, 5) is 23.8. The molecule has 8 nitrogen and oxygen atoms in total. The summed E-state index contributed by atoms with van der Waals surface area (Å²) in [5.74, 6) is -0.540. The fourth-order valence-electron chi connectivity index (χ4n) is 2.51. The molecule has 2 aromatic carbocycles. The number of carboxylic acids is 1. The van der Waals surface area contributed by atoms with Crippen LogP contribution in [0.1, 0.15) is 17.2 Å². The van der Waals surface area contributed by atoms with Gasteiger partial charge in [0.15, 0.2) is 17.5 Å². The van der Waals surface area contributed by atoms with Crippen LogP contribution >= 0.6 is 0 Å². The lowest BCUT2D eigenvalue weighted by Gasteiger charge is -2.20. The first kappa shape index (κ1) is 19.9. The van der Waals surface area contributed by atoms with Gasteiger partial charge in [0.05, 0.1) is 21.3 Å². The number of carboxylic acid groups (broad SMARTS) is 1. The topological polar surface area (TPSA) is 103 Å². The number of carbonyl (C=O) groups excluding carboxylic acids is 1. The molecular weight excluding hydrogens is 354 g/mol. The molecule has 0 spiro atoms. The Morgan fingerprint density at radius 3 is 2.19 bits per heavy atom. The average Bonchev–Trinajstić information content (AvgIpc) is 2.69. The molecule has 144 valence electrons. The summed E-state index contributed by atoms with van der Waals surface area (Å²) in [6.07, 6.45) is -0.872. The molecule has 0 radical (unpaired) electrons. The number of amides is 1. The van der Waals surface area contributed by atoms with Crippen LogP contribution in [0, 0.1) is 0 Å². The van der Waals surface area contributed by atoms with Crippen molar-refractivity contribution >= 4 is 12.1 Å². The number of aliphatic carboxylic acids is 1. The van der Waals surface area contributed by atoms with Crippen LogP contribution in [0.2, 0.25) is 0 Å². The van der Waals surface area contributed by atoms with Crippen LogP contribution in [0.25, 0.3) is 0 Å². The van der Waals surface area contributed by atoms with Gasteiger partial charge in [-0.1, -0.05) is 30.3 Å². The third kappa shape index (κ3) is 4.81. The van der Waals surface area contributed by atoms with E-state index in [0.717, 1.165) is 5.56 Å². The molecule has 2 aromatic rings. The zero-order valence-corrected chi connectivity index (χ0v) is 15.2. The van der Waals surface area contributed by atoms with Crippen molar-refractivity contribution in [3.63, 3.8) is 0 Å². The van der Waals surface area contributed by atoms with Crippen LogP contribution in [-0.2, 0) is 16.1 Å². The maximum absolute atomic E-state index is 12.1. The van der Waals surface area contributed by atoms with E-state index in [1.165, 1.54) is 33.5 Å². The molecule has 2 rings (SSSR count). The van der Waals surface area contributed by atoms with E-state index in [9.17, 15) is 14.7 Å². The lowest BCUT2D eigenvalue weighted by Crippen LogP contribution is -2.34. The quantitative estimate of drug-likeness (QED) is 0.731. The van der Waals surface area contributed by atoms with Gasteiger partial charge in [-0.05, 0) is 17.7 Å². The van der Waals surface area contributed by atoms with Crippen molar-refractivity contribution in [2.75, 3.05) is 21.3 Å². The molecular formula is C19H21NO7. The van der Waals surface area contributed by atoms with Crippen LogP contribution in [0.5, 0.6) is 17.2 Å². The van der Waals surface area contributed by atoms with Crippen LogP contribution in [0.15, 0.2) is 42.5 Å². The Morgan fingerprint density at radius 1 is 0.963 bits per heavy atom. The molecule has 0 aliphatic carbocycles. The van der Waals surface area contributed by atoms with Crippen molar-refractivity contribution < 1.29 is 33.6 Å². The van der Waals surface area contributed by atoms with Gasteiger partial charge in [0.1, 0.15) is 6.61 Å². The predicted molar refractivity (Wildman–Crippen MR) is 96.2 cm³/mol. The minimum atomic E-state index is -1.40. The minimum absolute atomic E-state index is 0.0160. The Morgan fingerprint density at radius 2 is 1.63 bits per heavy atom.